The number of hydrogen-bond donors (Lipinski definition) is 2. The molecule has 2 rings (SSSR count). The molecule has 2 heterocycles. The molecule has 0 spiro atoms. The van der Waals surface area contributed by atoms with Crippen molar-refractivity contribution in [3.63, 3.8) is 0 Å². The van der Waals surface area contributed by atoms with Gasteiger partial charge in [-0.3, -0.25) is 10.1 Å². The van der Waals surface area contributed by atoms with Gasteiger partial charge in [0.25, 0.3) is 0 Å². The number of aryl methyl sites for hydroxylation is 1. The molecule has 0 radical (unpaired) electrons. The first kappa shape index (κ1) is 10.5. The van der Waals surface area contributed by atoms with Gasteiger partial charge in [-0.05, 0) is 6.07 Å². The Hall–Kier alpha value is -1.62. The third-order valence-corrected chi connectivity index (χ3v) is 1.78. The lowest BCUT2D eigenvalue weighted by Gasteiger charge is -1.94. The average Bonchev–Trinajstić information content (AvgIpc) is 2.42. The molecular weight excluding hydrogens is 202 g/mol. The zero-order valence-electron chi connectivity index (χ0n) is 7.56. The summed E-state index contributed by atoms with van der Waals surface area (Å²) in [6, 6.07) is 1.80. The molecule has 2 aromatic rings. The molecular formula is C8H10ClN5. The van der Waals surface area contributed by atoms with Gasteiger partial charge in [0.15, 0.2) is 5.65 Å². The van der Waals surface area contributed by atoms with E-state index in [4.69, 9.17) is 11.1 Å². The minimum Gasteiger partial charge on any atom is -0.384 e. The largest absolute Gasteiger partial charge is 0.384 e. The topological polar surface area (TPSA) is 80.6 Å². The van der Waals surface area contributed by atoms with Crippen molar-refractivity contribution >= 4 is 29.3 Å². The van der Waals surface area contributed by atoms with E-state index >= 15 is 0 Å². The van der Waals surface area contributed by atoms with Crippen molar-refractivity contribution in [2.24, 2.45) is 12.8 Å². The maximum atomic E-state index is 7.23. The van der Waals surface area contributed by atoms with Crippen LogP contribution in [0.3, 0.4) is 0 Å². The number of pyridine rings is 1. The highest BCUT2D eigenvalue weighted by Crippen LogP contribution is 2.10. The van der Waals surface area contributed by atoms with E-state index in [0.29, 0.717) is 11.2 Å². The molecule has 0 fully saturated rings. The summed E-state index contributed by atoms with van der Waals surface area (Å²) in [7, 11) is 1.83. The third-order valence-electron chi connectivity index (χ3n) is 1.78. The number of hydrogen-bond acceptors (Lipinski definition) is 3. The monoisotopic (exact) mass is 211 g/mol. The number of rotatable bonds is 1. The fraction of sp³-hybridized carbons (Fsp3) is 0.125. The van der Waals surface area contributed by atoms with Crippen molar-refractivity contribution in [3.05, 3.63) is 24.0 Å². The molecule has 14 heavy (non-hydrogen) atoms. The van der Waals surface area contributed by atoms with Crippen molar-refractivity contribution < 1.29 is 0 Å². The zero-order valence-corrected chi connectivity index (χ0v) is 8.38. The lowest BCUT2D eigenvalue weighted by molar-refractivity contribution is 0.776. The van der Waals surface area contributed by atoms with Gasteiger partial charge in [-0.25, -0.2) is 4.98 Å². The van der Waals surface area contributed by atoms with Crippen LogP contribution in [0, 0.1) is 5.41 Å². The molecule has 0 atom stereocenters. The van der Waals surface area contributed by atoms with Crippen LogP contribution in [0.1, 0.15) is 5.56 Å². The Bertz CT molecular complexity index is 476. The van der Waals surface area contributed by atoms with E-state index in [-0.39, 0.29) is 18.2 Å². The third kappa shape index (κ3) is 1.67. The molecule has 0 saturated heterocycles. The molecule has 0 aliphatic heterocycles. The summed E-state index contributed by atoms with van der Waals surface area (Å²) in [6.07, 6.45) is 3.40. The second kappa shape index (κ2) is 3.63. The highest BCUT2D eigenvalue weighted by molar-refractivity contribution is 5.97. The Morgan fingerprint density at radius 2 is 2.29 bits per heavy atom. The minimum absolute atomic E-state index is 0. The smallest absolute Gasteiger partial charge is 0.181 e. The summed E-state index contributed by atoms with van der Waals surface area (Å²) in [5.41, 5.74) is 6.63. The van der Waals surface area contributed by atoms with Gasteiger partial charge in [-0.2, -0.15) is 5.10 Å². The van der Waals surface area contributed by atoms with Gasteiger partial charge in [-0.1, -0.05) is 0 Å². The van der Waals surface area contributed by atoms with Gasteiger partial charge in [0.05, 0.1) is 0 Å². The zero-order chi connectivity index (χ0) is 9.42. The van der Waals surface area contributed by atoms with E-state index < -0.39 is 0 Å². The van der Waals surface area contributed by atoms with Crippen molar-refractivity contribution in [3.8, 4) is 0 Å². The van der Waals surface area contributed by atoms with Crippen LogP contribution in [0.15, 0.2) is 18.5 Å². The summed E-state index contributed by atoms with van der Waals surface area (Å²) in [4.78, 5) is 4.07. The van der Waals surface area contributed by atoms with Crippen LogP contribution >= 0.6 is 12.4 Å². The quantitative estimate of drug-likeness (QED) is 0.538. The number of nitrogen functional groups attached to an aromatic ring is 1. The van der Waals surface area contributed by atoms with Gasteiger partial charge in [0.1, 0.15) is 5.84 Å². The maximum absolute atomic E-state index is 7.23. The SMILES string of the molecule is Cl.Cn1cc2cc(C(=N)N)cnc2n1. The van der Waals surface area contributed by atoms with E-state index in [0.717, 1.165) is 5.39 Å². The predicted molar refractivity (Wildman–Crippen MR) is 56.8 cm³/mol. The number of halogens is 1. The summed E-state index contributed by atoms with van der Waals surface area (Å²) in [5, 5.41) is 12.2. The molecule has 3 N–H and O–H groups in total. The van der Waals surface area contributed by atoms with E-state index in [1.54, 1.807) is 16.9 Å². The van der Waals surface area contributed by atoms with Crippen LogP contribution in [0.5, 0.6) is 0 Å². The molecule has 2 aromatic heterocycles. The molecule has 0 aromatic carbocycles. The lowest BCUT2D eigenvalue weighted by atomic mass is 10.2. The summed E-state index contributed by atoms with van der Waals surface area (Å²) < 4.78 is 1.68. The van der Waals surface area contributed by atoms with Crippen LogP contribution in [0.4, 0.5) is 0 Å². The first-order valence-corrected chi connectivity index (χ1v) is 3.80. The Kier molecular flexibility index (Phi) is 2.71. The van der Waals surface area contributed by atoms with Crippen molar-refractivity contribution in [1.29, 1.82) is 5.41 Å². The Morgan fingerprint density at radius 1 is 1.57 bits per heavy atom. The fourth-order valence-electron chi connectivity index (χ4n) is 1.18. The van der Waals surface area contributed by atoms with Crippen molar-refractivity contribution in [2.45, 2.75) is 0 Å². The standard InChI is InChI=1S/C8H9N5.ClH/c1-13-4-6-2-5(7(9)10)3-11-8(6)12-13;/h2-4H,1H3,(H3,9,10);1H. The van der Waals surface area contributed by atoms with Crippen LogP contribution in [-0.2, 0) is 7.05 Å². The minimum atomic E-state index is 0. The number of nitrogens with one attached hydrogen (secondary N) is 1. The lowest BCUT2D eigenvalue weighted by Crippen LogP contribution is -2.10. The normalized spacial score (nSPS) is 9.79. The first-order valence-electron chi connectivity index (χ1n) is 3.80. The molecule has 0 unspecified atom stereocenters. The predicted octanol–water partition coefficient (Wildman–Crippen LogP) is 0.674. The van der Waals surface area contributed by atoms with Gasteiger partial charge < -0.3 is 5.73 Å². The highest BCUT2D eigenvalue weighted by atomic mass is 35.5. The maximum Gasteiger partial charge on any atom is 0.181 e. The van der Waals surface area contributed by atoms with Crippen LogP contribution in [0.25, 0.3) is 11.0 Å². The molecule has 0 aliphatic carbocycles. The second-order valence-corrected chi connectivity index (χ2v) is 2.85. The highest BCUT2D eigenvalue weighted by Gasteiger charge is 2.02. The van der Waals surface area contributed by atoms with Crippen LogP contribution < -0.4 is 5.73 Å². The number of nitrogens with zero attached hydrogens (tertiary/aromatic N) is 3. The average molecular weight is 212 g/mol. The van der Waals surface area contributed by atoms with E-state index in [1.165, 1.54) is 0 Å². The Balaban J connectivity index is 0.000000980. The van der Waals surface area contributed by atoms with E-state index in [2.05, 4.69) is 10.1 Å². The Morgan fingerprint density at radius 3 is 2.93 bits per heavy atom. The fourth-order valence-corrected chi connectivity index (χ4v) is 1.18. The number of aromatic nitrogens is 3. The van der Waals surface area contributed by atoms with Crippen LogP contribution in [-0.4, -0.2) is 20.6 Å². The van der Waals surface area contributed by atoms with Gasteiger partial charge in [0.2, 0.25) is 0 Å². The summed E-state index contributed by atoms with van der Waals surface area (Å²) in [5.74, 6) is 0.0262. The van der Waals surface area contributed by atoms with Gasteiger partial charge in [0, 0.05) is 30.4 Å². The molecule has 0 aliphatic rings. The Labute approximate surface area is 86.8 Å². The van der Waals surface area contributed by atoms with Crippen molar-refractivity contribution in [2.75, 3.05) is 0 Å². The first-order chi connectivity index (χ1) is 6.16. The van der Waals surface area contributed by atoms with Gasteiger partial charge in [-0.15, -0.1) is 12.4 Å². The molecule has 0 bridgehead atoms. The number of amidine groups is 1. The molecule has 6 heteroatoms. The van der Waals surface area contributed by atoms with Gasteiger partial charge >= 0.3 is 0 Å². The molecule has 0 amide bonds. The summed E-state index contributed by atoms with van der Waals surface area (Å²) >= 11 is 0. The van der Waals surface area contributed by atoms with E-state index in [9.17, 15) is 0 Å². The van der Waals surface area contributed by atoms with Crippen LogP contribution in [0.2, 0.25) is 0 Å². The molecule has 0 saturated carbocycles. The molecule has 74 valence electrons. The number of fused-ring (bicyclic) bond motifs is 1. The van der Waals surface area contributed by atoms with Crippen molar-refractivity contribution in [1.82, 2.24) is 14.8 Å². The summed E-state index contributed by atoms with van der Waals surface area (Å²) in [6.45, 7) is 0. The number of nitrogens with two attached hydrogens (primary N) is 1. The second-order valence-electron chi connectivity index (χ2n) is 2.85. The molecule has 5 nitrogen and oxygen atoms in total. The van der Waals surface area contributed by atoms with E-state index in [1.807, 2.05) is 13.2 Å².